The average Bonchev–Trinajstić information content (AvgIpc) is 2.55. The lowest BCUT2D eigenvalue weighted by Crippen LogP contribution is -2.42. The van der Waals surface area contributed by atoms with E-state index in [1.165, 1.54) is 0 Å². The molecule has 0 aliphatic rings. The van der Waals surface area contributed by atoms with Crippen molar-refractivity contribution >= 4 is 17.7 Å². The zero-order valence-corrected chi connectivity index (χ0v) is 14.9. The lowest BCUT2D eigenvalue weighted by molar-refractivity contribution is 0.281. The maximum absolute atomic E-state index is 5.73. The minimum Gasteiger partial charge on any atom is -0.497 e. The molecule has 1 aromatic carbocycles. The highest BCUT2D eigenvalue weighted by atomic mass is 32.2. The molecule has 1 aromatic rings. The highest BCUT2D eigenvalue weighted by Gasteiger charge is 2.07. The largest absolute Gasteiger partial charge is 0.497 e. The highest BCUT2D eigenvalue weighted by molar-refractivity contribution is 7.99. The summed E-state index contributed by atoms with van der Waals surface area (Å²) in [6.45, 7) is 4.45. The van der Waals surface area contributed by atoms with Crippen LogP contribution in [0.2, 0.25) is 0 Å². The lowest BCUT2D eigenvalue weighted by Gasteiger charge is -2.23. The van der Waals surface area contributed by atoms with Crippen molar-refractivity contribution in [3.8, 4) is 11.5 Å². The zero-order valence-electron chi connectivity index (χ0n) is 14.1. The molecular weight excluding hydrogens is 298 g/mol. The molecule has 5 nitrogen and oxygen atoms in total. The molecule has 1 unspecified atom stereocenters. The van der Waals surface area contributed by atoms with Crippen LogP contribution in [0.15, 0.2) is 29.3 Å². The van der Waals surface area contributed by atoms with E-state index in [0.29, 0.717) is 11.9 Å². The van der Waals surface area contributed by atoms with Crippen LogP contribution in [0, 0.1) is 0 Å². The Morgan fingerprint density at radius 3 is 2.50 bits per heavy atom. The van der Waals surface area contributed by atoms with Crippen molar-refractivity contribution in [3.63, 3.8) is 0 Å². The molecule has 0 aliphatic heterocycles. The van der Waals surface area contributed by atoms with Crippen LogP contribution in [0.1, 0.15) is 6.92 Å². The van der Waals surface area contributed by atoms with Crippen molar-refractivity contribution in [2.24, 2.45) is 4.99 Å². The van der Waals surface area contributed by atoms with Crippen molar-refractivity contribution in [1.29, 1.82) is 0 Å². The third kappa shape index (κ3) is 6.47. The molecule has 124 valence electrons. The topological polar surface area (TPSA) is 46.1 Å². The Morgan fingerprint density at radius 2 is 1.95 bits per heavy atom. The predicted octanol–water partition coefficient (Wildman–Crippen LogP) is 2.33. The van der Waals surface area contributed by atoms with Crippen LogP contribution < -0.4 is 14.8 Å². The van der Waals surface area contributed by atoms with Crippen LogP contribution in [-0.2, 0) is 0 Å². The average molecular weight is 325 g/mol. The fraction of sp³-hybridized carbons (Fsp3) is 0.562. The molecule has 0 amide bonds. The number of guanidine groups is 1. The number of benzene rings is 1. The highest BCUT2D eigenvalue weighted by Crippen LogP contribution is 2.16. The second-order valence-corrected chi connectivity index (χ2v) is 6.20. The number of aliphatic imine (C=N–C) groups is 1. The van der Waals surface area contributed by atoms with Gasteiger partial charge in [0.2, 0.25) is 0 Å². The summed E-state index contributed by atoms with van der Waals surface area (Å²) in [7, 11) is 5.46. The van der Waals surface area contributed by atoms with Crippen molar-refractivity contribution in [2.45, 2.75) is 12.2 Å². The van der Waals surface area contributed by atoms with Crippen LogP contribution in [0.4, 0.5) is 0 Å². The molecule has 1 N–H and O–H groups in total. The minimum absolute atomic E-state index is 0.556. The number of methoxy groups -OCH3 is 1. The normalized spacial score (nSPS) is 12.7. The van der Waals surface area contributed by atoms with E-state index in [1.807, 2.05) is 43.1 Å². The van der Waals surface area contributed by atoms with Crippen molar-refractivity contribution in [2.75, 3.05) is 47.2 Å². The molecule has 0 fully saturated rings. The Hall–Kier alpha value is -1.56. The van der Waals surface area contributed by atoms with Gasteiger partial charge >= 0.3 is 0 Å². The SMILES string of the molecule is CN=C(NCC(C)SC)N(C)CCOc1ccc(OC)cc1. The summed E-state index contributed by atoms with van der Waals surface area (Å²) in [6.07, 6.45) is 2.11. The van der Waals surface area contributed by atoms with Gasteiger partial charge in [0.05, 0.1) is 13.7 Å². The molecule has 0 saturated heterocycles. The summed E-state index contributed by atoms with van der Waals surface area (Å²) in [5.74, 6) is 2.56. The second kappa shape index (κ2) is 10.2. The number of nitrogens with one attached hydrogen (secondary N) is 1. The molecule has 0 aliphatic carbocycles. The summed E-state index contributed by atoms with van der Waals surface area (Å²) >= 11 is 1.84. The van der Waals surface area contributed by atoms with Gasteiger partial charge in [0.1, 0.15) is 18.1 Å². The predicted molar refractivity (Wildman–Crippen MR) is 95.5 cm³/mol. The van der Waals surface area contributed by atoms with E-state index in [2.05, 4.69) is 28.4 Å². The molecule has 6 heteroatoms. The molecule has 0 aromatic heterocycles. The summed E-state index contributed by atoms with van der Waals surface area (Å²) < 4.78 is 10.9. The molecule has 1 rings (SSSR count). The smallest absolute Gasteiger partial charge is 0.193 e. The van der Waals surface area contributed by atoms with E-state index in [9.17, 15) is 0 Å². The first kappa shape index (κ1) is 18.5. The van der Waals surface area contributed by atoms with Crippen LogP contribution in [0.3, 0.4) is 0 Å². The maximum atomic E-state index is 5.73. The number of hydrogen-bond acceptors (Lipinski definition) is 4. The van der Waals surface area contributed by atoms with E-state index in [4.69, 9.17) is 9.47 Å². The third-order valence-electron chi connectivity index (χ3n) is 3.28. The van der Waals surface area contributed by atoms with Crippen molar-refractivity contribution in [1.82, 2.24) is 10.2 Å². The van der Waals surface area contributed by atoms with Gasteiger partial charge < -0.3 is 19.7 Å². The lowest BCUT2D eigenvalue weighted by atomic mass is 10.3. The molecule has 0 bridgehead atoms. The van der Waals surface area contributed by atoms with Gasteiger partial charge in [0.15, 0.2) is 5.96 Å². The zero-order chi connectivity index (χ0) is 16.4. The fourth-order valence-corrected chi connectivity index (χ4v) is 2.03. The molecule has 0 heterocycles. The van der Waals surface area contributed by atoms with Gasteiger partial charge in [-0.25, -0.2) is 0 Å². The number of hydrogen-bond donors (Lipinski definition) is 1. The molecule has 0 spiro atoms. The number of rotatable bonds is 8. The van der Waals surface area contributed by atoms with Crippen molar-refractivity contribution in [3.05, 3.63) is 24.3 Å². The summed E-state index contributed by atoms with van der Waals surface area (Å²) in [5.41, 5.74) is 0. The first-order valence-electron chi connectivity index (χ1n) is 7.32. The molecule has 0 saturated carbocycles. The van der Waals surface area contributed by atoms with Gasteiger partial charge in [0.25, 0.3) is 0 Å². The third-order valence-corrected chi connectivity index (χ3v) is 4.25. The number of likely N-dealkylation sites (N-methyl/N-ethyl adjacent to an activating group) is 1. The number of nitrogens with zero attached hydrogens (tertiary/aromatic N) is 2. The van der Waals surface area contributed by atoms with Gasteiger partial charge in [-0.05, 0) is 30.5 Å². The molecule has 22 heavy (non-hydrogen) atoms. The summed E-state index contributed by atoms with van der Waals surface area (Å²) in [6, 6.07) is 7.60. The van der Waals surface area contributed by atoms with Gasteiger partial charge in [-0.15, -0.1) is 0 Å². The first-order chi connectivity index (χ1) is 10.6. The van der Waals surface area contributed by atoms with E-state index < -0.39 is 0 Å². The van der Waals surface area contributed by atoms with E-state index in [0.717, 1.165) is 30.5 Å². The Morgan fingerprint density at radius 1 is 1.32 bits per heavy atom. The molecule has 0 radical (unpaired) electrons. The maximum Gasteiger partial charge on any atom is 0.193 e. The number of ether oxygens (including phenoxy) is 2. The second-order valence-electron chi connectivity index (χ2n) is 4.92. The van der Waals surface area contributed by atoms with Crippen molar-refractivity contribution < 1.29 is 9.47 Å². The quantitative estimate of drug-likeness (QED) is 0.587. The van der Waals surface area contributed by atoms with Gasteiger partial charge in [-0.3, -0.25) is 4.99 Å². The van der Waals surface area contributed by atoms with E-state index in [1.54, 1.807) is 14.2 Å². The van der Waals surface area contributed by atoms with Gasteiger partial charge in [0, 0.05) is 25.9 Å². The number of thioether (sulfide) groups is 1. The molecular formula is C16H27N3O2S. The van der Waals surface area contributed by atoms with Crippen LogP contribution in [0.25, 0.3) is 0 Å². The first-order valence-corrected chi connectivity index (χ1v) is 8.61. The summed E-state index contributed by atoms with van der Waals surface area (Å²) in [4.78, 5) is 6.36. The van der Waals surface area contributed by atoms with E-state index >= 15 is 0 Å². The Kier molecular flexibility index (Phi) is 8.58. The summed E-state index contributed by atoms with van der Waals surface area (Å²) in [5, 5.41) is 3.92. The standard InChI is InChI=1S/C16H27N3O2S/c1-13(22-5)12-18-16(17-2)19(3)10-11-21-15-8-6-14(20-4)7-9-15/h6-9,13H,10-12H2,1-5H3,(H,17,18). The van der Waals surface area contributed by atoms with Crippen LogP contribution >= 0.6 is 11.8 Å². The van der Waals surface area contributed by atoms with Crippen LogP contribution in [0.5, 0.6) is 11.5 Å². The monoisotopic (exact) mass is 325 g/mol. The minimum atomic E-state index is 0.556. The van der Waals surface area contributed by atoms with Gasteiger partial charge in [-0.2, -0.15) is 11.8 Å². The van der Waals surface area contributed by atoms with E-state index in [-0.39, 0.29) is 0 Å². The van der Waals surface area contributed by atoms with Gasteiger partial charge in [-0.1, -0.05) is 6.92 Å². The van der Waals surface area contributed by atoms with Crippen LogP contribution in [-0.4, -0.2) is 63.3 Å². The Labute approximate surface area is 138 Å². The molecule has 1 atom stereocenters. The fourth-order valence-electron chi connectivity index (χ4n) is 1.78. The Balaban J connectivity index is 2.35. The Bertz CT molecular complexity index is 451.